The van der Waals surface area contributed by atoms with Gasteiger partial charge in [-0.25, -0.2) is 4.79 Å². The second-order valence-electron chi connectivity index (χ2n) is 5.80. The molecule has 0 unspecified atom stereocenters. The number of piperazine rings is 1. The fourth-order valence-corrected chi connectivity index (χ4v) is 2.41. The predicted molar refractivity (Wildman–Crippen MR) is 74.5 cm³/mol. The molecule has 19 heavy (non-hydrogen) atoms. The van der Waals surface area contributed by atoms with E-state index in [1.807, 2.05) is 32.5 Å². The summed E-state index contributed by atoms with van der Waals surface area (Å²) in [6.07, 6.45) is 1.91. The Morgan fingerprint density at radius 3 is 2.58 bits per heavy atom. The maximum Gasteiger partial charge on any atom is 0.330 e. The number of carbonyl (C=O) groups is 1. The molecule has 1 aromatic rings. The molecule has 0 saturated carbocycles. The molecule has 0 spiro atoms. The molecule has 5 nitrogen and oxygen atoms in total. The normalized spacial score (nSPS) is 18.5. The van der Waals surface area contributed by atoms with Gasteiger partial charge in [-0.1, -0.05) is 0 Å². The molecule has 0 radical (unpaired) electrons. The van der Waals surface area contributed by atoms with Crippen LogP contribution in [-0.2, 0) is 16.2 Å². The summed E-state index contributed by atoms with van der Waals surface area (Å²) in [4.78, 5) is 24.9. The molecule has 1 aliphatic rings. The fourth-order valence-electron chi connectivity index (χ4n) is 1.77. The Hall–Kier alpha value is -0.980. The van der Waals surface area contributed by atoms with Gasteiger partial charge < -0.3 is 4.84 Å². The quantitative estimate of drug-likeness (QED) is 0.846. The summed E-state index contributed by atoms with van der Waals surface area (Å²) < 4.78 is 0. The molecule has 2 heterocycles. The Labute approximate surface area is 118 Å². The first-order chi connectivity index (χ1) is 8.95. The van der Waals surface area contributed by atoms with Crippen LogP contribution in [0.2, 0.25) is 0 Å². The van der Waals surface area contributed by atoms with Crippen molar-refractivity contribution in [1.29, 1.82) is 0 Å². The first kappa shape index (κ1) is 14.4. The molecule has 0 aromatic carbocycles. The van der Waals surface area contributed by atoms with Crippen LogP contribution < -0.4 is 0 Å². The molecule has 2 rings (SSSR count). The molecule has 0 amide bonds. The summed E-state index contributed by atoms with van der Waals surface area (Å²) in [6, 6.07) is 0. The van der Waals surface area contributed by atoms with Crippen LogP contribution in [0.5, 0.6) is 0 Å². The van der Waals surface area contributed by atoms with Crippen molar-refractivity contribution in [3.05, 3.63) is 16.6 Å². The Morgan fingerprint density at radius 2 is 2.05 bits per heavy atom. The van der Waals surface area contributed by atoms with E-state index in [2.05, 4.69) is 9.88 Å². The molecular formula is C13H21N3O2S. The van der Waals surface area contributed by atoms with Crippen LogP contribution in [0.15, 0.2) is 11.7 Å². The van der Waals surface area contributed by atoms with Gasteiger partial charge in [0.25, 0.3) is 0 Å². The number of hydroxylamine groups is 2. The molecule has 1 fully saturated rings. The van der Waals surface area contributed by atoms with E-state index >= 15 is 0 Å². The second kappa shape index (κ2) is 5.98. The van der Waals surface area contributed by atoms with Crippen molar-refractivity contribution < 1.29 is 9.63 Å². The molecule has 0 N–H and O–H groups in total. The maximum atomic E-state index is 11.8. The number of aromatic nitrogens is 1. The van der Waals surface area contributed by atoms with E-state index in [-0.39, 0.29) is 5.97 Å². The summed E-state index contributed by atoms with van der Waals surface area (Å²) in [6.45, 7) is 9.90. The largest absolute Gasteiger partial charge is 0.367 e. The average molecular weight is 283 g/mol. The van der Waals surface area contributed by atoms with Crippen molar-refractivity contribution >= 4 is 17.3 Å². The van der Waals surface area contributed by atoms with Crippen molar-refractivity contribution in [2.45, 2.75) is 27.3 Å². The van der Waals surface area contributed by atoms with Crippen LogP contribution in [0.1, 0.15) is 25.6 Å². The molecule has 0 atom stereocenters. The number of hydrogen-bond donors (Lipinski definition) is 0. The Morgan fingerprint density at radius 1 is 1.37 bits per heavy atom. The highest BCUT2D eigenvalue weighted by Crippen LogP contribution is 2.17. The van der Waals surface area contributed by atoms with Gasteiger partial charge in [0.15, 0.2) is 0 Å². The predicted octanol–water partition coefficient (Wildman–Crippen LogP) is 1.76. The van der Waals surface area contributed by atoms with E-state index in [9.17, 15) is 4.79 Å². The zero-order valence-corrected chi connectivity index (χ0v) is 12.6. The van der Waals surface area contributed by atoms with Gasteiger partial charge in [0, 0.05) is 43.8 Å². The lowest BCUT2D eigenvalue weighted by Gasteiger charge is -2.34. The summed E-state index contributed by atoms with van der Waals surface area (Å²) in [5, 5.41) is 1.77. The van der Waals surface area contributed by atoms with Crippen molar-refractivity contribution in [3.63, 3.8) is 0 Å². The van der Waals surface area contributed by atoms with Crippen molar-refractivity contribution in [1.82, 2.24) is 14.9 Å². The van der Waals surface area contributed by atoms with Gasteiger partial charge in [0.1, 0.15) is 0 Å². The van der Waals surface area contributed by atoms with E-state index in [1.54, 1.807) is 16.4 Å². The van der Waals surface area contributed by atoms with Gasteiger partial charge in [-0.05, 0) is 20.8 Å². The lowest BCUT2D eigenvalue weighted by molar-refractivity contribution is -0.207. The van der Waals surface area contributed by atoms with E-state index in [1.165, 1.54) is 4.88 Å². The summed E-state index contributed by atoms with van der Waals surface area (Å²) >= 11 is 1.68. The number of carbonyl (C=O) groups excluding carboxylic acids is 1. The monoisotopic (exact) mass is 283 g/mol. The SMILES string of the molecule is CC(C)(C)C(=O)ON1CCN(Cc2cncs2)CC1. The highest BCUT2D eigenvalue weighted by molar-refractivity contribution is 7.09. The molecule has 0 aliphatic carbocycles. The number of rotatable bonds is 3. The lowest BCUT2D eigenvalue weighted by Crippen LogP contribution is -2.47. The second-order valence-corrected chi connectivity index (χ2v) is 6.77. The fraction of sp³-hybridized carbons (Fsp3) is 0.692. The Kier molecular flexibility index (Phi) is 4.54. The van der Waals surface area contributed by atoms with Gasteiger partial charge >= 0.3 is 5.97 Å². The van der Waals surface area contributed by atoms with Gasteiger partial charge in [0.2, 0.25) is 0 Å². The van der Waals surface area contributed by atoms with Gasteiger partial charge in [0.05, 0.1) is 10.9 Å². The Bertz CT molecular complexity index is 406. The summed E-state index contributed by atoms with van der Waals surface area (Å²) in [7, 11) is 0. The minimum absolute atomic E-state index is 0.164. The van der Waals surface area contributed by atoms with Crippen molar-refractivity contribution in [2.24, 2.45) is 5.41 Å². The van der Waals surface area contributed by atoms with E-state index in [0.717, 1.165) is 32.7 Å². The third-order valence-corrected chi connectivity index (χ3v) is 3.78. The van der Waals surface area contributed by atoms with Gasteiger partial charge in [-0.15, -0.1) is 16.4 Å². The minimum atomic E-state index is -0.445. The third-order valence-electron chi connectivity index (χ3n) is 3.02. The van der Waals surface area contributed by atoms with E-state index in [4.69, 9.17) is 4.84 Å². The number of nitrogens with zero attached hydrogens (tertiary/aromatic N) is 3. The van der Waals surface area contributed by atoms with Gasteiger partial charge in [-0.3, -0.25) is 9.88 Å². The van der Waals surface area contributed by atoms with Crippen LogP contribution in [-0.4, -0.2) is 47.1 Å². The third kappa shape index (κ3) is 4.26. The molecule has 1 aromatic heterocycles. The number of thiazole rings is 1. The van der Waals surface area contributed by atoms with E-state index in [0.29, 0.717) is 0 Å². The lowest BCUT2D eigenvalue weighted by atomic mass is 9.98. The molecule has 0 bridgehead atoms. The van der Waals surface area contributed by atoms with Crippen LogP contribution in [0, 0.1) is 5.41 Å². The van der Waals surface area contributed by atoms with Crippen LogP contribution in [0.4, 0.5) is 0 Å². The standard InChI is InChI=1S/C13H21N3O2S/c1-13(2,3)12(17)18-16-6-4-15(5-7-16)9-11-8-14-10-19-11/h8,10H,4-7,9H2,1-3H3. The van der Waals surface area contributed by atoms with Gasteiger partial charge in [-0.2, -0.15) is 0 Å². The zero-order chi connectivity index (χ0) is 13.9. The zero-order valence-electron chi connectivity index (χ0n) is 11.8. The molecule has 1 aliphatic heterocycles. The molecule has 1 saturated heterocycles. The van der Waals surface area contributed by atoms with Crippen LogP contribution in [0.3, 0.4) is 0 Å². The molecule has 106 valence electrons. The molecular weight excluding hydrogens is 262 g/mol. The highest BCUT2D eigenvalue weighted by Gasteiger charge is 2.27. The summed E-state index contributed by atoms with van der Waals surface area (Å²) in [5.41, 5.74) is 1.41. The molecule has 6 heteroatoms. The van der Waals surface area contributed by atoms with Crippen LogP contribution >= 0.6 is 11.3 Å². The first-order valence-corrected chi connectivity index (χ1v) is 7.40. The smallest absolute Gasteiger partial charge is 0.330 e. The highest BCUT2D eigenvalue weighted by atomic mass is 32.1. The minimum Gasteiger partial charge on any atom is -0.367 e. The average Bonchev–Trinajstić information content (AvgIpc) is 2.83. The maximum absolute atomic E-state index is 11.8. The Balaban J connectivity index is 1.75. The van der Waals surface area contributed by atoms with Crippen LogP contribution in [0.25, 0.3) is 0 Å². The summed E-state index contributed by atoms with van der Waals surface area (Å²) in [5.74, 6) is -0.164. The van der Waals surface area contributed by atoms with Crippen molar-refractivity contribution in [3.8, 4) is 0 Å². The topological polar surface area (TPSA) is 45.7 Å². The van der Waals surface area contributed by atoms with E-state index < -0.39 is 5.41 Å². The number of hydrogen-bond acceptors (Lipinski definition) is 6. The first-order valence-electron chi connectivity index (χ1n) is 6.52. The van der Waals surface area contributed by atoms with Crippen molar-refractivity contribution in [2.75, 3.05) is 26.2 Å².